The summed E-state index contributed by atoms with van der Waals surface area (Å²) in [4.78, 5) is 13.5. The third-order valence-corrected chi connectivity index (χ3v) is 2.78. The summed E-state index contributed by atoms with van der Waals surface area (Å²) in [5.74, 6) is 0.729. The van der Waals surface area contributed by atoms with Crippen molar-refractivity contribution in [2.75, 3.05) is 7.05 Å². The van der Waals surface area contributed by atoms with Gasteiger partial charge in [0.05, 0.1) is 11.4 Å². The number of carbonyl (C=O) groups excluding carboxylic acids is 1. The molecule has 1 rings (SSSR count). The first-order chi connectivity index (χ1) is 6.02. The van der Waals surface area contributed by atoms with Crippen molar-refractivity contribution >= 4 is 23.1 Å². The number of hydrogen-bond donors (Lipinski definition) is 1. The Labute approximate surface area is 84.3 Å². The summed E-state index contributed by atoms with van der Waals surface area (Å²) in [6.07, 6.45) is 2.68. The molecule has 74 valence electrons. The van der Waals surface area contributed by atoms with Gasteiger partial charge in [0.25, 0.3) is 0 Å². The molecule has 0 spiro atoms. The van der Waals surface area contributed by atoms with Crippen molar-refractivity contribution in [1.29, 1.82) is 0 Å². The van der Waals surface area contributed by atoms with E-state index in [1.54, 1.807) is 4.90 Å². The molecular weight excluding hydrogens is 184 g/mol. The summed E-state index contributed by atoms with van der Waals surface area (Å²) in [6.45, 7) is 2.08. The van der Waals surface area contributed by atoms with Crippen molar-refractivity contribution in [2.24, 2.45) is 11.7 Å². The smallest absolute Gasteiger partial charge is 0.229 e. The van der Waals surface area contributed by atoms with Gasteiger partial charge in [-0.1, -0.05) is 12.2 Å². The normalized spacial score (nSPS) is 18.0. The Bertz CT molecular complexity index is 226. The maximum absolute atomic E-state index is 11.5. The molecule has 0 aromatic heterocycles. The molecule has 0 heterocycles. The molecular formula is C9H16N2OS. The van der Waals surface area contributed by atoms with E-state index in [1.807, 2.05) is 7.05 Å². The highest BCUT2D eigenvalue weighted by Crippen LogP contribution is 2.34. The zero-order chi connectivity index (χ0) is 10.0. The first kappa shape index (κ1) is 10.4. The molecule has 0 aromatic rings. The van der Waals surface area contributed by atoms with Gasteiger partial charge in [0, 0.05) is 13.1 Å². The van der Waals surface area contributed by atoms with E-state index in [-0.39, 0.29) is 17.3 Å². The lowest BCUT2D eigenvalue weighted by Gasteiger charge is -2.24. The Hall–Kier alpha value is -0.640. The van der Waals surface area contributed by atoms with E-state index in [4.69, 9.17) is 5.73 Å². The average molecular weight is 200 g/mol. The Balaban J connectivity index is 2.40. The SMILES string of the molecule is CC(C1CC1)N(C)C(=O)CC(N)=S. The maximum atomic E-state index is 11.5. The molecule has 0 aromatic carbocycles. The third kappa shape index (κ3) is 2.95. The van der Waals surface area contributed by atoms with Crippen molar-refractivity contribution in [2.45, 2.75) is 32.2 Å². The molecule has 0 saturated heterocycles. The third-order valence-electron chi connectivity index (χ3n) is 2.63. The van der Waals surface area contributed by atoms with Crippen molar-refractivity contribution in [1.82, 2.24) is 4.90 Å². The molecule has 1 aliphatic carbocycles. The first-order valence-electron chi connectivity index (χ1n) is 4.56. The first-order valence-corrected chi connectivity index (χ1v) is 4.97. The second kappa shape index (κ2) is 4.05. The average Bonchev–Trinajstić information content (AvgIpc) is 2.82. The molecule has 0 bridgehead atoms. The van der Waals surface area contributed by atoms with Gasteiger partial charge < -0.3 is 10.6 Å². The Morgan fingerprint density at radius 2 is 2.23 bits per heavy atom. The van der Waals surface area contributed by atoms with Crippen LogP contribution in [0.3, 0.4) is 0 Å². The summed E-state index contributed by atoms with van der Waals surface area (Å²) in [7, 11) is 1.82. The van der Waals surface area contributed by atoms with E-state index in [1.165, 1.54) is 12.8 Å². The van der Waals surface area contributed by atoms with Gasteiger partial charge in [-0.3, -0.25) is 4.79 Å². The molecule has 1 aliphatic rings. The van der Waals surface area contributed by atoms with Gasteiger partial charge in [-0.05, 0) is 25.7 Å². The van der Waals surface area contributed by atoms with Crippen LogP contribution in [0.1, 0.15) is 26.2 Å². The van der Waals surface area contributed by atoms with Gasteiger partial charge in [0.1, 0.15) is 0 Å². The maximum Gasteiger partial charge on any atom is 0.229 e. The zero-order valence-corrected chi connectivity index (χ0v) is 8.93. The van der Waals surface area contributed by atoms with Gasteiger partial charge in [-0.15, -0.1) is 0 Å². The number of thiocarbonyl (C=S) groups is 1. The van der Waals surface area contributed by atoms with Crippen LogP contribution < -0.4 is 5.73 Å². The van der Waals surface area contributed by atoms with Crippen LogP contribution in [0.5, 0.6) is 0 Å². The van der Waals surface area contributed by atoms with Crippen LogP contribution in [0.4, 0.5) is 0 Å². The quantitative estimate of drug-likeness (QED) is 0.686. The van der Waals surface area contributed by atoms with E-state index in [9.17, 15) is 4.79 Å². The van der Waals surface area contributed by atoms with Gasteiger partial charge >= 0.3 is 0 Å². The predicted molar refractivity (Wildman–Crippen MR) is 56.4 cm³/mol. The number of carbonyl (C=O) groups is 1. The van der Waals surface area contributed by atoms with Gasteiger partial charge in [-0.25, -0.2) is 0 Å². The topological polar surface area (TPSA) is 46.3 Å². The van der Waals surface area contributed by atoms with Crippen molar-refractivity contribution < 1.29 is 4.79 Å². The lowest BCUT2D eigenvalue weighted by atomic mass is 10.2. The zero-order valence-electron chi connectivity index (χ0n) is 8.12. The Morgan fingerprint density at radius 1 is 1.69 bits per heavy atom. The van der Waals surface area contributed by atoms with Crippen molar-refractivity contribution in [3.8, 4) is 0 Å². The number of nitrogens with two attached hydrogens (primary N) is 1. The lowest BCUT2D eigenvalue weighted by molar-refractivity contribution is -0.130. The van der Waals surface area contributed by atoms with E-state index in [2.05, 4.69) is 19.1 Å². The Morgan fingerprint density at radius 3 is 2.62 bits per heavy atom. The Kier molecular flexibility index (Phi) is 3.25. The van der Waals surface area contributed by atoms with Crippen LogP contribution in [0.15, 0.2) is 0 Å². The van der Waals surface area contributed by atoms with Crippen LogP contribution in [0, 0.1) is 5.92 Å². The van der Waals surface area contributed by atoms with Crippen LogP contribution in [0.25, 0.3) is 0 Å². The number of rotatable bonds is 4. The molecule has 4 heteroatoms. The van der Waals surface area contributed by atoms with E-state index in [0.717, 1.165) is 0 Å². The van der Waals surface area contributed by atoms with E-state index in [0.29, 0.717) is 12.0 Å². The predicted octanol–water partition coefficient (Wildman–Crippen LogP) is 0.920. The molecule has 1 atom stereocenters. The summed E-state index contributed by atoms with van der Waals surface area (Å²) >= 11 is 4.69. The molecule has 1 unspecified atom stereocenters. The molecule has 0 aliphatic heterocycles. The minimum atomic E-state index is 0.0342. The largest absolute Gasteiger partial charge is 0.393 e. The minimum absolute atomic E-state index is 0.0342. The minimum Gasteiger partial charge on any atom is -0.393 e. The van der Waals surface area contributed by atoms with E-state index >= 15 is 0 Å². The molecule has 0 radical (unpaired) electrons. The fourth-order valence-electron chi connectivity index (χ4n) is 1.40. The van der Waals surface area contributed by atoms with Crippen molar-refractivity contribution in [3.05, 3.63) is 0 Å². The van der Waals surface area contributed by atoms with Gasteiger partial charge in [0.2, 0.25) is 5.91 Å². The highest BCUT2D eigenvalue weighted by Gasteiger charge is 2.32. The molecule has 3 nitrogen and oxygen atoms in total. The van der Waals surface area contributed by atoms with Gasteiger partial charge in [0.15, 0.2) is 0 Å². The number of amides is 1. The van der Waals surface area contributed by atoms with Crippen LogP contribution in [0.2, 0.25) is 0 Å². The van der Waals surface area contributed by atoms with E-state index < -0.39 is 0 Å². The highest BCUT2D eigenvalue weighted by molar-refractivity contribution is 7.80. The molecule has 13 heavy (non-hydrogen) atoms. The fourth-order valence-corrected chi connectivity index (χ4v) is 1.52. The van der Waals surface area contributed by atoms with Gasteiger partial charge in [-0.2, -0.15) is 0 Å². The molecule has 1 saturated carbocycles. The van der Waals surface area contributed by atoms with Crippen molar-refractivity contribution in [3.63, 3.8) is 0 Å². The fraction of sp³-hybridized carbons (Fsp3) is 0.778. The highest BCUT2D eigenvalue weighted by atomic mass is 32.1. The van der Waals surface area contributed by atoms with Crippen LogP contribution in [-0.4, -0.2) is 28.9 Å². The summed E-state index contributed by atoms with van der Waals surface area (Å²) in [5.41, 5.74) is 5.31. The standard InChI is InChI=1S/C9H16N2OS/c1-6(7-3-4-7)11(2)9(12)5-8(10)13/h6-7H,3-5H2,1-2H3,(H2,10,13). The second-order valence-corrected chi connectivity index (χ2v) is 4.25. The summed E-state index contributed by atoms with van der Waals surface area (Å²) in [5, 5.41) is 0. The summed E-state index contributed by atoms with van der Waals surface area (Å²) < 4.78 is 0. The monoisotopic (exact) mass is 200 g/mol. The van der Waals surface area contributed by atoms with Crippen LogP contribution >= 0.6 is 12.2 Å². The second-order valence-electron chi connectivity index (χ2n) is 3.73. The summed E-state index contributed by atoms with van der Waals surface area (Å²) in [6, 6.07) is 0.335. The number of hydrogen-bond acceptors (Lipinski definition) is 2. The van der Waals surface area contributed by atoms with Crippen LogP contribution in [-0.2, 0) is 4.79 Å². The molecule has 1 amide bonds. The molecule has 2 N–H and O–H groups in total. The number of nitrogens with zero attached hydrogens (tertiary/aromatic N) is 1. The molecule has 1 fully saturated rings. The lowest BCUT2D eigenvalue weighted by Crippen LogP contribution is -2.38.